The van der Waals surface area contributed by atoms with Crippen molar-refractivity contribution >= 4 is 11.8 Å². The second kappa shape index (κ2) is 9.33. The van der Waals surface area contributed by atoms with Crippen LogP contribution < -0.4 is 11.1 Å². The Morgan fingerprint density at radius 3 is 2.33 bits per heavy atom. The van der Waals surface area contributed by atoms with Crippen molar-refractivity contribution in [2.45, 2.75) is 32.4 Å². The Bertz CT molecular complexity index is 768. The molecule has 0 radical (unpaired) electrons. The minimum Gasteiger partial charge on any atom is -0.344 e. The second-order valence-corrected chi connectivity index (χ2v) is 7.13. The maximum absolute atomic E-state index is 12.4. The predicted molar refractivity (Wildman–Crippen MR) is 106 cm³/mol. The van der Waals surface area contributed by atoms with E-state index in [1.807, 2.05) is 30.3 Å². The topological polar surface area (TPSA) is 75.4 Å². The van der Waals surface area contributed by atoms with Crippen LogP contribution >= 0.6 is 0 Å². The molecule has 0 aliphatic carbocycles. The molecule has 3 rings (SSSR count). The fourth-order valence-corrected chi connectivity index (χ4v) is 3.56. The number of amides is 2. The van der Waals surface area contributed by atoms with Crippen LogP contribution in [0.25, 0.3) is 0 Å². The molecule has 2 amide bonds. The van der Waals surface area contributed by atoms with Gasteiger partial charge in [-0.15, -0.1) is 0 Å². The largest absolute Gasteiger partial charge is 0.344 e. The van der Waals surface area contributed by atoms with Gasteiger partial charge < -0.3 is 16.0 Å². The number of carbonyl (C=O) groups excluding carboxylic acids is 2. The van der Waals surface area contributed by atoms with Gasteiger partial charge in [-0.3, -0.25) is 9.59 Å². The minimum atomic E-state index is -0.533. The van der Waals surface area contributed by atoms with Crippen molar-refractivity contribution in [1.29, 1.82) is 0 Å². The lowest BCUT2D eigenvalue weighted by Crippen LogP contribution is -2.46. The van der Waals surface area contributed by atoms with Crippen LogP contribution in [0.3, 0.4) is 0 Å². The molecule has 142 valence electrons. The molecule has 1 fully saturated rings. The van der Waals surface area contributed by atoms with E-state index in [1.165, 1.54) is 5.56 Å². The number of benzene rings is 2. The first-order valence-electron chi connectivity index (χ1n) is 9.54. The first-order chi connectivity index (χ1) is 13.2. The van der Waals surface area contributed by atoms with Crippen LogP contribution in [0.1, 0.15) is 29.5 Å². The molecule has 27 heavy (non-hydrogen) atoms. The molecular weight excluding hydrogens is 338 g/mol. The Morgan fingerprint density at radius 1 is 0.963 bits per heavy atom. The van der Waals surface area contributed by atoms with Gasteiger partial charge in [0.2, 0.25) is 0 Å². The lowest BCUT2D eigenvalue weighted by molar-refractivity contribution is -0.146. The first-order valence-corrected chi connectivity index (χ1v) is 9.54. The fraction of sp³-hybridized carbons (Fsp3) is 0.364. The SMILES string of the molecule is NCc1cccc(CNC(=O)C(=O)N2CCC(Cc3ccccc3)CC2)c1. The number of nitrogens with zero attached hydrogens (tertiary/aromatic N) is 1. The summed E-state index contributed by atoms with van der Waals surface area (Å²) in [6.45, 7) is 2.08. The summed E-state index contributed by atoms with van der Waals surface area (Å²) in [4.78, 5) is 26.3. The van der Waals surface area contributed by atoms with E-state index < -0.39 is 11.8 Å². The van der Waals surface area contributed by atoms with Crippen LogP contribution in [-0.4, -0.2) is 29.8 Å². The van der Waals surface area contributed by atoms with Crippen molar-refractivity contribution in [2.75, 3.05) is 13.1 Å². The highest BCUT2D eigenvalue weighted by atomic mass is 16.2. The maximum Gasteiger partial charge on any atom is 0.311 e. The van der Waals surface area contributed by atoms with E-state index in [-0.39, 0.29) is 0 Å². The zero-order chi connectivity index (χ0) is 19.1. The first kappa shape index (κ1) is 19.1. The zero-order valence-electron chi connectivity index (χ0n) is 15.6. The van der Waals surface area contributed by atoms with Gasteiger partial charge >= 0.3 is 11.8 Å². The van der Waals surface area contributed by atoms with E-state index in [0.29, 0.717) is 32.1 Å². The molecular formula is C22H27N3O2. The van der Waals surface area contributed by atoms with E-state index in [0.717, 1.165) is 30.4 Å². The van der Waals surface area contributed by atoms with Crippen molar-refractivity contribution in [3.8, 4) is 0 Å². The van der Waals surface area contributed by atoms with Gasteiger partial charge in [0.05, 0.1) is 0 Å². The number of piperidine rings is 1. The summed E-state index contributed by atoms with van der Waals surface area (Å²) < 4.78 is 0. The van der Waals surface area contributed by atoms with Crippen molar-refractivity contribution in [3.05, 3.63) is 71.3 Å². The van der Waals surface area contributed by atoms with Gasteiger partial charge in [-0.1, -0.05) is 54.6 Å². The number of nitrogens with two attached hydrogens (primary N) is 1. The monoisotopic (exact) mass is 365 g/mol. The van der Waals surface area contributed by atoms with E-state index in [1.54, 1.807) is 4.90 Å². The summed E-state index contributed by atoms with van der Waals surface area (Å²) in [5.74, 6) is -0.392. The van der Waals surface area contributed by atoms with Crippen LogP contribution in [0.2, 0.25) is 0 Å². The Balaban J connectivity index is 1.44. The van der Waals surface area contributed by atoms with E-state index in [9.17, 15) is 9.59 Å². The number of hydrogen-bond donors (Lipinski definition) is 2. The number of likely N-dealkylation sites (tertiary alicyclic amines) is 1. The van der Waals surface area contributed by atoms with Gasteiger partial charge in [-0.2, -0.15) is 0 Å². The molecule has 1 aliphatic heterocycles. The summed E-state index contributed by atoms with van der Waals surface area (Å²) in [5, 5.41) is 2.73. The molecule has 0 bridgehead atoms. The Morgan fingerprint density at radius 2 is 1.63 bits per heavy atom. The third-order valence-electron chi connectivity index (χ3n) is 5.14. The highest BCUT2D eigenvalue weighted by Gasteiger charge is 2.26. The van der Waals surface area contributed by atoms with Gasteiger partial charge in [-0.05, 0) is 41.9 Å². The van der Waals surface area contributed by atoms with Crippen molar-refractivity contribution < 1.29 is 9.59 Å². The van der Waals surface area contributed by atoms with E-state index in [2.05, 4.69) is 29.6 Å². The van der Waals surface area contributed by atoms with Crippen LogP contribution in [0.15, 0.2) is 54.6 Å². The summed E-state index contributed by atoms with van der Waals surface area (Å²) in [7, 11) is 0. The van der Waals surface area contributed by atoms with Crippen LogP contribution in [0.4, 0.5) is 0 Å². The second-order valence-electron chi connectivity index (χ2n) is 7.13. The summed E-state index contributed by atoms with van der Waals surface area (Å²) in [5.41, 5.74) is 8.92. The van der Waals surface area contributed by atoms with Gasteiger partial charge in [0.1, 0.15) is 0 Å². The Labute approximate surface area is 160 Å². The molecule has 1 aliphatic rings. The van der Waals surface area contributed by atoms with Gasteiger partial charge in [0.25, 0.3) is 0 Å². The molecule has 0 saturated carbocycles. The minimum absolute atomic E-state index is 0.336. The normalized spacial score (nSPS) is 14.8. The molecule has 0 spiro atoms. The number of hydrogen-bond acceptors (Lipinski definition) is 3. The van der Waals surface area contributed by atoms with Gasteiger partial charge in [-0.25, -0.2) is 0 Å². The van der Waals surface area contributed by atoms with Crippen molar-refractivity contribution in [3.63, 3.8) is 0 Å². The van der Waals surface area contributed by atoms with E-state index in [4.69, 9.17) is 5.73 Å². The van der Waals surface area contributed by atoms with Crippen LogP contribution in [0, 0.1) is 5.92 Å². The number of nitrogens with one attached hydrogen (secondary N) is 1. The highest BCUT2D eigenvalue weighted by molar-refractivity contribution is 6.34. The van der Waals surface area contributed by atoms with Gasteiger partial charge in [0.15, 0.2) is 0 Å². The fourth-order valence-electron chi connectivity index (χ4n) is 3.56. The molecule has 1 heterocycles. The quantitative estimate of drug-likeness (QED) is 0.798. The number of carbonyl (C=O) groups is 2. The van der Waals surface area contributed by atoms with Crippen LogP contribution in [-0.2, 0) is 29.1 Å². The molecule has 0 atom stereocenters. The smallest absolute Gasteiger partial charge is 0.311 e. The molecule has 5 nitrogen and oxygen atoms in total. The average molecular weight is 365 g/mol. The van der Waals surface area contributed by atoms with Crippen molar-refractivity contribution in [1.82, 2.24) is 10.2 Å². The molecule has 0 aromatic heterocycles. The predicted octanol–water partition coefficient (Wildman–Crippen LogP) is 2.24. The molecule has 2 aromatic rings. The summed E-state index contributed by atoms with van der Waals surface area (Å²) >= 11 is 0. The Hall–Kier alpha value is -2.66. The lowest BCUT2D eigenvalue weighted by Gasteiger charge is -2.31. The maximum atomic E-state index is 12.4. The molecule has 2 aromatic carbocycles. The number of rotatable bonds is 5. The molecule has 0 unspecified atom stereocenters. The third kappa shape index (κ3) is 5.41. The molecule has 5 heteroatoms. The molecule has 1 saturated heterocycles. The van der Waals surface area contributed by atoms with Crippen LogP contribution in [0.5, 0.6) is 0 Å². The summed E-state index contributed by atoms with van der Waals surface area (Å²) in [6, 6.07) is 18.1. The highest BCUT2D eigenvalue weighted by Crippen LogP contribution is 2.21. The van der Waals surface area contributed by atoms with Gasteiger partial charge in [0, 0.05) is 26.2 Å². The average Bonchev–Trinajstić information content (AvgIpc) is 2.73. The lowest BCUT2D eigenvalue weighted by atomic mass is 9.90. The van der Waals surface area contributed by atoms with E-state index >= 15 is 0 Å². The third-order valence-corrected chi connectivity index (χ3v) is 5.14. The Kier molecular flexibility index (Phi) is 6.60. The van der Waals surface area contributed by atoms with Crippen molar-refractivity contribution in [2.24, 2.45) is 11.7 Å². The zero-order valence-corrected chi connectivity index (χ0v) is 15.6. The standard InChI is InChI=1S/C22H27N3O2/c23-15-19-7-4-8-20(14-19)16-24-21(26)22(27)25-11-9-18(10-12-25)13-17-5-2-1-3-6-17/h1-8,14,18H,9-13,15-16,23H2,(H,24,26). The summed E-state index contributed by atoms with van der Waals surface area (Å²) in [6.07, 6.45) is 2.91. The molecule has 3 N–H and O–H groups in total.